The number of methoxy groups -OCH3 is 1. The second-order valence-corrected chi connectivity index (χ2v) is 8.61. The van der Waals surface area contributed by atoms with Crippen molar-refractivity contribution in [3.63, 3.8) is 0 Å². The zero-order valence-electron chi connectivity index (χ0n) is 21.0. The second-order valence-electron chi connectivity index (χ2n) is 8.61. The normalized spacial score (nSPS) is 28.2. The van der Waals surface area contributed by atoms with Crippen LogP contribution >= 0.6 is 0 Å². The van der Waals surface area contributed by atoms with Gasteiger partial charge in [0.25, 0.3) is 0 Å². The van der Waals surface area contributed by atoms with E-state index in [2.05, 4.69) is 72.2 Å². The number of likely N-dealkylation sites (N-methyl/N-ethyl adjacent to an activating group) is 1. The summed E-state index contributed by atoms with van der Waals surface area (Å²) in [7, 11) is 4.00. The van der Waals surface area contributed by atoms with Gasteiger partial charge in [-0.15, -0.1) is 0 Å². The van der Waals surface area contributed by atoms with Crippen molar-refractivity contribution in [2.75, 3.05) is 33.8 Å². The number of hydrogen-bond donors (Lipinski definition) is 0. The van der Waals surface area contributed by atoms with E-state index in [4.69, 9.17) is 4.74 Å². The van der Waals surface area contributed by atoms with Crippen molar-refractivity contribution in [1.29, 1.82) is 0 Å². The van der Waals surface area contributed by atoms with E-state index in [1.54, 1.807) is 0 Å². The van der Waals surface area contributed by atoms with Gasteiger partial charge in [0.05, 0.1) is 6.10 Å². The van der Waals surface area contributed by atoms with Gasteiger partial charge in [-0.25, -0.2) is 0 Å². The molecule has 0 aromatic heterocycles. The zero-order chi connectivity index (χ0) is 21.6. The molecule has 2 heterocycles. The van der Waals surface area contributed by atoms with Crippen LogP contribution in [0.5, 0.6) is 0 Å². The molecular formula is C24H54N2O. The minimum absolute atomic E-state index is 0.458. The standard InChI is InChI=1S/C10H21N.C9H19NO.C3H8.C2H6/c1-5-11-7-6-9(4)10(11)8(2)3;1-7(2)9-8(11-4)5-6-10(9)3;1-3-2;1-2/h8-10H,5-7H2,1-4H3;7-9H,5-6H2,1-4H3;3H2,1-2H3;1-2H3. The molecule has 4 unspecified atom stereocenters. The van der Waals surface area contributed by atoms with Gasteiger partial charge in [0.2, 0.25) is 0 Å². The third kappa shape index (κ3) is 10.3. The van der Waals surface area contributed by atoms with Crippen LogP contribution in [0, 0.1) is 17.8 Å². The van der Waals surface area contributed by atoms with Gasteiger partial charge >= 0.3 is 0 Å². The van der Waals surface area contributed by atoms with E-state index >= 15 is 0 Å². The Hall–Kier alpha value is -0.120. The van der Waals surface area contributed by atoms with Crippen molar-refractivity contribution in [3.05, 3.63) is 0 Å². The molecule has 2 fully saturated rings. The average Bonchev–Trinajstić information content (AvgIpc) is 3.20. The largest absolute Gasteiger partial charge is 0.380 e. The van der Waals surface area contributed by atoms with Crippen LogP contribution in [0.1, 0.15) is 88.5 Å². The van der Waals surface area contributed by atoms with Gasteiger partial charge in [-0.1, -0.05) is 75.7 Å². The lowest BCUT2D eigenvalue weighted by molar-refractivity contribution is 0.0531. The Labute approximate surface area is 173 Å². The van der Waals surface area contributed by atoms with E-state index in [0.29, 0.717) is 18.1 Å². The van der Waals surface area contributed by atoms with Gasteiger partial charge in [0, 0.05) is 25.7 Å². The van der Waals surface area contributed by atoms with Crippen LogP contribution in [0.2, 0.25) is 0 Å². The lowest BCUT2D eigenvalue weighted by atomic mass is 9.93. The van der Waals surface area contributed by atoms with E-state index < -0.39 is 0 Å². The van der Waals surface area contributed by atoms with Crippen LogP contribution in [-0.4, -0.2) is 61.8 Å². The Morgan fingerprint density at radius 2 is 1.37 bits per heavy atom. The van der Waals surface area contributed by atoms with Gasteiger partial charge in [0.1, 0.15) is 0 Å². The second kappa shape index (κ2) is 16.8. The van der Waals surface area contributed by atoms with Crippen molar-refractivity contribution in [2.24, 2.45) is 17.8 Å². The zero-order valence-corrected chi connectivity index (χ0v) is 21.0. The highest BCUT2D eigenvalue weighted by atomic mass is 16.5. The first kappa shape index (κ1) is 29.1. The number of ether oxygens (including phenoxy) is 1. The molecule has 166 valence electrons. The Bertz CT molecular complexity index is 290. The van der Waals surface area contributed by atoms with Crippen LogP contribution in [-0.2, 0) is 4.74 Å². The number of nitrogens with zero attached hydrogens (tertiary/aromatic N) is 2. The first-order chi connectivity index (χ1) is 12.7. The molecule has 2 aliphatic rings. The van der Waals surface area contributed by atoms with Crippen molar-refractivity contribution < 1.29 is 4.74 Å². The monoisotopic (exact) mass is 386 g/mol. The Balaban J connectivity index is 0. The fraction of sp³-hybridized carbons (Fsp3) is 1.00. The minimum Gasteiger partial charge on any atom is -0.380 e. The van der Waals surface area contributed by atoms with Crippen LogP contribution in [0.15, 0.2) is 0 Å². The Kier molecular flexibility index (Phi) is 18.1. The summed E-state index contributed by atoms with van der Waals surface area (Å²) in [5.74, 6) is 2.44. The van der Waals surface area contributed by atoms with Crippen LogP contribution in [0.3, 0.4) is 0 Å². The summed E-state index contributed by atoms with van der Waals surface area (Å²) in [6.45, 7) is 25.9. The molecule has 0 aromatic rings. The third-order valence-electron chi connectivity index (χ3n) is 5.61. The highest BCUT2D eigenvalue weighted by Crippen LogP contribution is 2.28. The lowest BCUT2D eigenvalue weighted by Crippen LogP contribution is -2.37. The quantitative estimate of drug-likeness (QED) is 0.574. The Morgan fingerprint density at radius 1 is 0.889 bits per heavy atom. The molecule has 3 heteroatoms. The van der Waals surface area contributed by atoms with E-state index in [9.17, 15) is 0 Å². The SMILES string of the molecule is CC.CCC.CCN1CCC(C)C1C(C)C.COC1CCN(C)C1C(C)C. The molecule has 2 rings (SSSR count). The smallest absolute Gasteiger partial charge is 0.0741 e. The van der Waals surface area contributed by atoms with Gasteiger partial charge in [0.15, 0.2) is 0 Å². The molecule has 2 aliphatic heterocycles. The van der Waals surface area contributed by atoms with Crippen LogP contribution in [0.25, 0.3) is 0 Å². The fourth-order valence-electron chi connectivity index (χ4n) is 4.63. The van der Waals surface area contributed by atoms with E-state index in [0.717, 1.165) is 17.9 Å². The number of rotatable bonds is 4. The summed E-state index contributed by atoms with van der Waals surface area (Å²) < 4.78 is 5.41. The van der Waals surface area contributed by atoms with Crippen LogP contribution in [0.4, 0.5) is 0 Å². The summed E-state index contributed by atoms with van der Waals surface area (Å²) in [5.41, 5.74) is 0. The maximum Gasteiger partial charge on any atom is 0.0741 e. The summed E-state index contributed by atoms with van der Waals surface area (Å²) in [5, 5.41) is 0. The maximum atomic E-state index is 5.41. The summed E-state index contributed by atoms with van der Waals surface area (Å²) in [6, 6.07) is 1.47. The first-order valence-corrected chi connectivity index (χ1v) is 11.7. The molecule has 0 aliphatic carbocycles. The number of hydrogen-bond acceptors (Lipinski definition) is 3. The van der Waals surface area contributed by atoms with Gasteiger partial charge in [-0.2, -0.15) is 0 Å². The molecule has 0 spiro atoms. The van der Waals surface area contributed by atoms with Crippen molar-refractivity contribution >= 4 is 0 Å². The molecule has 0 aromatic carbocycles. The fourth-order valence-corrected chi connectivity index (χ4v) is 4.63. The molecule has 0 saturated carbocycles. The highest BCUT2D eigenvalue weighted by molar-refractivity contribution is 4.88. The summed E-state index contributed by atoms with van der Waals surface area (Å²) >= 11 is 0. The van der Waals surface area contributed by atoms with Crippen molar-refractivity contribution in [3.8, 4) is 0 Å². The lowest BCUT2D eigenvalue weighted by Gasteiger charge is -2.28. The predicted octanol–water partition coefficient (Wildman–Crippen LogP) is 6.18. The summed E-state index contributed by atoms with van der Waals surface area (Å²) in [4.78, 5) is 5.02. The van der Waals surface area contributed by atoms with Crippen LogP contribution < -0.4 is 0 Å². The maximum absolute atomic E-state index is 5.41. The third-order valence-corrected chi connectivity index (χ3v) is 5.61. The van der Waals surface area contributed by atoms with Crippen molar-refractivity contribution in [2.45, 2.75) is 107 Å². The first-order valence-electron chi connectivity index (χ1n) is 11.7. The van der Waals surface area contributed by atoms with Crippen molar-refractivity contribution in [1.82, 2.24) is 9.80 Å². The topological polar surface area (TPSA) is 15.7 Å². The molecule has 27 heavy (non-hydrogen) atoms. The molecular weight excluding hydrogens is 332 g/mol. The molecule has 0 radical (unpaired) electrons. The predicted molar refractivity (Wildman–Crippen MR) is 124 cm³/mol. The summed E-state index contributed by atoms with van der Waals surface area (Å²) in [6.07, 6.45) is 4.30. The average molecular weight is 387 g/mol. The molecule has 3 nitrogen and oxygen atoms in total. The van der Waals surface area contributed by atoms with E-state index in [-0.39, 0.29) is 0 Å². The molecule has 2 saturated heterocycles. The van der Waals surface area contributed by atoms with Gasteiger partial charge in [-0.05, 0) is 50.7 Å². The highest BCUT2D eigenvalue weighted by Gasteiger charge is 2.33. The van der Waals surface area contributed by atoms with E-state index in [1.807, 2.05) is 21.0 Å². The molecule has 0 bridgehead atoms. The van der Waals surface area contributed by atoms with E-state index in [1.165, 1.54) is 38.9 Å². The van der Waals surface area contributed by atoms with Gasteiger partial charge in [-0.3, -0.25) is 0 Å². The molecule has 0 amide bonds. The van der Waals surface area contributed by atoms with Gasteiger partial charge < -0.3 is 14.5 Å². The Morgan fingerprint density at radius 3 is 1.67 bits per heavy atom. The number of likely N-dealkylation sites (tertiary alicyclic amines) is 2. The molecule has 0 N–H and O–H groups in total. The minimum atomic E-state index is 0.458. The molecule has 4 atom stereocenters.